The van der Waals surface area contributed by atoms with Gasteiger partial charge in [-0.3, -0.25) is 0 Å². The Balaban J connectivity index is 0.000000448. The van der Waals surface area contributed by atoms with E-state index < -0.39 is 0 Å². The van der Waals surface area contributed by atoms with Gasteiger partial charge in [-0.15, -0.1) is 93.9 Å². The summed E-state index contributed by atoms with van der Waals surface area (Å²) in [6, 6.07) is 41.0. The number of benzene rings is 4. The van der Waals surface area contributed by atoms with Gasteiger partial charge in [-0.25, -0.2) is 0 Å². The molecule has 50 heavy (non-hydrogen) atoms. The molecule has 0 heterocycles. The van der Waals surface area contributed by atoms with E-state index in [2.05, 4.69) is 158 Å². The van der Waals surface area contributed by atoms with Gasteiger partial charge in [0.15, 0.2) is 0 Å². The molecule has 0 aliphatic heterocycles. The van der Waals surface area contributed by atoms with E-state index in [1.807, 2.05) is 0 Å². The Bertz CT molecular complexity index is 1860. The normalized spacial score (nSPS) is 12.4. The van der Waals surface area contributed by atoms with Gasteiger partial charge in [0, 0.05) is 0 Å². The van der Waals surface area contributed by atoms with Crippen LogP contribution in [0.1, 0.15) is 101 Å². The SMILES string of the molecule is CC(C)(C)c1ccc(-c2cccc3[cH-]c(C4CCCC4)cc23)cc1.CCc1cc2c(-c3ccc(C(C)C)cc3)cccc2[cH-]1.Cl.Cl.[CH3-].[CH3-].[Si]=[Zr]. The quantitative estimate of drug-likeness (QED) is 0.120. The van der Waals surface area contributed by atoms with Gasteiger partial charge in [0.05, 0.1) is 0 Å². The average Bonchev–Trinajstić information content (AvgIpc) is 3.85. The van der Waals surface area contributed by atoms with Crippen molar-refractivity contribution in [3.63, 3.8) is 0 Å². The third kappa shape index (κ3) is 10.7. The minimum absolute atomic E-state index is 0. The zero-order chi connectivity index (χ0) is 32.8. The van der Waals surface area contributed by atoms with Gasteiger partial charge in [-0.1, -0.05) is 126 Å². The predicted octanol–water partition coefficient (Wildman–Crippen LogP) is 14.5. The molecular weight excluding hydrogens is 743 g/mol. The Morgan fingerprint density at radius 2 is 1.18 bits per heavy atom. The van der Waals surface area contributed by atoms with Crippen molar-refractivity contribution >= 4 is 53.2 Å². The first-order valence-electron chi connectivity index (χ1n) is 17.0. The van der Waals surface area contributed by atoms with Crippen molar-refractivity contribution in [1.82, 2.24) is 0 Å². The van der Waals surface area contributed by atoms with Crippen molar-refractivity contribution in [2.75, 3.05) is 0 Å². The van der Waals surface area contributed by atoms with Crippen LogP contribution in [0, 0.1) is 14.9 Å². The minimum atomic E-state index is 0. The van der Waals surface area contributed by atoms with Crippen LogP contribution in [-0.4, -0.2) is 6.88 Å². The first kappa shape index (κ1) is 45.8. The maximum absolute atomic E-state index is 3.06. The van der Waals surface area contributed by atoms with E-state index >= 15 is 0 Å². The van der Waals surface area contributed by atoms with Gasteiger partial charge < -0.3 is 14.9 Å². The Morgan fingerprint density at radius 1 is 0.700 bits per heavy atom. The molecule has 0 unspecified atom stereocenters. The van der Waals surface area contributed by atoms with Crippen LogP contribution >= 0.6 is 24.8 Å². The molecule has 0 amide bonds. The molecule has 0 aromatic heterocycles. The molecule has 1 aliphatic rings. The van der Waals surface area contributed by atoms with Crippen molar-refractivity contribution in [3.8, 4) is 22.3 Å². The summed E-state index contributed by atoms with van der Waals surface area (Å²) in [5.74, 6) is 1.37. The van der Waals surface area contributed by atoms with Crippen LogP contribution < -0.4 is 0 Å². The predicted molar refractivity (Wildman–Crippen MR) is 226 cm³/mol. The molecule has 0 bridgehead atoms. The van der Waals surface area contributed by atoms with Crippen LogP contribution in [0.25, 0.3) is 43.8 Å². The van der Waals surface area contributed by atoms with E-state index in [0.29, 0.717) is 5.92 Å². The second kappa shape index (κ2) is 20.7. The monoisotopic (exact) mass is 796 g/mol. The van der Waals surface area contributed by atoms with Crippen molar-refractivity contribution in [1.29, 1.82) is 0 Å². The second-order valence-electron chi connectivity index (χ2n) is 14.2. The Kier molecular flexibility index (Phi) is 19.0. The molecule has 266 valence electrons. The van der Waals surface area contributed by atoms with Crippen LogP contribution in [0.2, 0.25) is 0 Å². The fraction of sp³-hybridized carbons (Fsp3) is 0.304. The number of hydrogen-bond acceptors (Lipinski definition) is 0. The molecule has 0 saturated heterocycles. The van der Waals surface area contributed by atoms with Crippen LogP contribution in [0.5, 0.6) is 0 Å². The Hall–Kier alpha value is -2.22. The summed E-state index contributed by atoms with van der Waals surface area (Å²) in [6.45, 7) is 16.6. The van der Waals surface area contributed by atoms with Gasteiger partial charge in [0.1, 0.15) is 0 Å². The van der Waals surface area contributed by atoms with E-state index in [1.54, 1.807) is 5.56 Å². The Labute approximate surface area is 333 Å². The number of rotatable bonds is 5. The standard InChI is InChI=1S/C24H27.C20H21.2CH3.2ClH.Si.Zr/c1-24(2,3)21-13-11-18(12-14-21)22-10-6-9-19-15-20(16-23(19)22)17-7-4-5-8-17;1-4-15-12-18-6-5-7-19(20(18)13-15)17-10-8-16(9-11-17)14(2)3;;;;;;/h6,9-17H,4-5,7-8H2,1-3H3;5-14H,4H2,1-3H3;2*1H3;2*1H;;/q4*-1;;;;. The van der Waals surface area contributed by atoms with Gasteiger partial charge in [0.2, 0.25) is 0 Å². The molecule has 7 rings (SSSR count). The zero-order valence-corrected chi connectivity index (χ0v) is 36.5. The third-order valence-corrected chi connectivity index (χ3v) is 9.77. The summed E-state index contributed by atoms with van der Waals surface area (Å²) in [7, 11) is 0. The molecule has 6 aromatic rings. The first-order chi connectivity index (χ1) is 22.2. The van der Waals surface area contributed by atoms with Crippen LogP contribution in [0.15, 0.2) is 109 Å². The van der Waals surface area contributed by atoms with Crippen LogP contribution in [0.3, 0.4) is 0 Å². The fourth-order valence-corrected chi connectivity index (χ4v) is 6.95. The van der Waals surface area contributed by atoms with Crippen molar-refractivity contribution < 1.29 is 23.3 Å². The molecule has 4 heteroatoms. The van der Waals surface area contributed by atoms with Gasteiger partial charge in [-0.05, 0) is 58.8 Å². The number of fused-ring (bicyclic) bond motifs is 2. The molecule has 1 saturated carbocycles. The topological polar surface area (TPSA) is 0 Å². The molecular formula is C46H56Cl2SiZr-4. The Morgan fingerprint density at radius 3 is 1.66 bits per heavy atom. The van der Waals surface area contributed by atoms with Crippen LogP contribution in [-0.2, 0) is 35.2 Å². The summed E-state index contributed by atoms with van der Waals surface area (Å²) < 4.78 is 0. The molecule has 1 fully saturated rings. The molecule has 0 spiro atoms. The molecule has 0 nitrogen and oxygen atoms in total. The summed E-state index contributed by atoms with van der Waals surface area (Å²) in [6.07, 6.45) is 6.62. The number of hydrogen-bond donors (Lipinski definition) is 0. The molecule has 6 aromatic carbocycles. The van der Waals surface area contributed by atoms with Gasteiger partial charge >= 0.3 is 30.2 Å². The fourth-order valence-electron chi connectivity index (χ4n) is 6.95. The summed E-state index contributed by atoms with van der Waals surface area (Å²) in [5, 5.41) is 5.55. The van der Waals surface area contributed by atoms with Crippen molar-refractivity contribution in [2.24, 2.45) is 0 Å². The van der Waals surface area contributed by atoms with E-state index in [-0.39, 0.29) is 45.1 Å². The van der Waals surface area contributed by atoms with E-state index in [0.717, 1.165) is 12.3 Å². The van der Waals surface area contributed by atoms with Crippen LogP contribution in [0.4, 0.5) is 0 Å². The molecule has 0 N–H and O–H groups in total. The van der Waals surface area contributed by atoms with Gasteiger partial charge in [0.25, 0.3) is 0 Å². The zero-order valence-electron chi connectivity index (χ0n) is 31.4. The maximum atomic E-state index is 3.06. The average molecular weight is 799 g/mol. The van der Waals surface area contributed by atoms with Gasteiger partial charge in [-0.2, -0.15) is 12.1 Å². The molecule has 0 atom stereocenters. The summed E-state index contributed by atoms with van der Waals surface area (Å²) in [4.78, 5) is 0. The van der Waals surface area contributed by atoms with E-state index in [4.69, 9.17) is 0 Å². The molecule has 1 aliphatic carbocycles. The second-order valence-corrected chi connectivity index (χ2v) is 14.2. The van der Waals surface area contributed by atoms with E-state index in [1.165, 1.54) is 110 Å². The first-order valence-corrected chi connectivity index (χ1v) is 21.2. The third-order valence-electron chi connectivity index (χ3n) is 9.77. The summed E-state index contributed by atoms with van der Waals surface area (Å²) >= 11 is 1.36. The number of halogens is 2. The summed E-state index contributed by atoms with van der Waals surface area (Å²) in [5.41, 5.74) is 11.3. The van der Waals surface area contributed by atoms with Crippen molar-refractivity contribution in [2.45, 2.75) is 90.9 Å². The van der Waals surface area contributed by atoms with E-state index in [9.17, 15) is 0 Å². The molecule has 2 radical (unpaired) electrons. The van der Waals surface area contributed by atoms with Crippen molar-refractivity contribution in [3.05, 3.63) is 146 Å². The number of aryl methyl sites for hydroxylation is 1.